The first-order chi connectivity index (χ1) is 13.6. The summed E-state index contributed by atoms with van der Waals surface area (Å²) in [7, 11) is 0. The van der Waals surface area contributed by atoms with Crippen LogP contribution in [0, 0.1) is 11.7 Å². The molecule has 0 aromatic heterocycles. The molecule has 1 aliphatic heterocycles. The fourth-order valence-corrected chi connectivity index (χ4v) is 3.26. The molecule has 2 amide bonds. The maximum atomic E-state index is 13.0. The molecule has 2 aromatic carbocycles. The fourth-order valence-electron chi connectivity index (χ4n) is 3.26. The summed E-state index contributed by atoms with van der Waals surface area (Å²) in [5, 5.41) is 2.96. The van der Waals surface area contributed by atoms with E-state index >= 15 is 0 Å². The van der Waals surface area contributed by atoms with E-state index in [2.05, 4.69) is 5.32 Å². The van der Waals surface area contributed by atoms with Gasteiger partial charge in [0.1, 0.15) is 11.6 Å². The first-order valence-corrected chi connectivity index (χ1v) is 9.66. The van der Waals surface area contributed by atoms with Crippen molar-refractivity contribution in [2.75, 3.05) is 25.0 Å². The Morgan fingerprint density at radius 2 is 1.79 bits per heavy atom. The van der Waals surface area contributed by atoms with Gasteiger partial charge in [0.2, 0.25) is 5.91 Å². The Morgan fingerprint density at radius 3 is 2.46 bits per heavy atom. The van der Waals surface area contributed by atoms with Crippen molar-refractivity contribution in [3.05, 3.63) is 59.9 Å². The monoisotopic (exact) mass is 384 g/mol. The lowest BCUT2D eigenvalue weighted by Gasteiger charge is -2.31. The lowest BCUT2D eigenvalue weighted by Crippen LogP contribution is -2.41. The normalized spacial score (nSPS) is 14.6. The molecule has 2 aromatic rings. The Bertz CT molecular complexity index is 815. The van der Waals surface area contributed by atoms with E-state index in [1.807, 2.05) is 31.2 Å². The van der Waals surface area contributed by atoms with Gasteiger partial charge in [-0.1, -0.05) is 19.1 Å². The molecule has 5 nitrogen and oxygen atoms in total. The van der Waals surface area contributed by atoms with Gasteiger partial charge in [0, 0.05) is 24.6 Å². The zero-order valence-electron chi connectivity index (χ0n) is 16.0. The van der Waals surface area contributed by atoms with Crippen molar-refractivity contribution in [3.8, 4) is 5.75 Å². The number of benzene rings is 2. The Labute approximate surface area is 164 Å². The Kier molecular flexibility index (Phi) is 6.63. The van der Waals surface area contributed by atoms with Gasteiger partial charge in [0.25, 0.3) is 5.91 Å². The molecule has 0 bridgehead atoms. The van der Waals surface area contributed by atoms with Gasteiger partial charge in [0.05, 0.1) is 12.3 Å². The number of hydrogen-bond donors (Lipinski definition) is 1. The molecule has 0 saturated carbocycles. The maximum absolute atomic E-state index is 13.0. The number of nitrogens with one attached hydrogen (secondary N) is 1. The van der Waals surface area contributed by atoms with E-state index in [1.165, 1.54) is 24.3 Å². The number of likely N-dealkylation sites (tertiary alicyclic amines) is 1. The summed E-state index contributed by atoms with van der Waals surface area (Å²) in [6, 6.07) is 13.0. The van der Waals surface area contributed by atoms with Crippen molar-refractivity contribution in [1.29, 1.82) is 0 Å². The lowest BCUT2D eigenvalue weighted by atomic mass is 9.95. The second-order valence-electron chi connectivity index (χ2n) is 6.91. The molecule has 0 aliphatic carbocycles. The third-order valence-electron chi connectivity index (χ3n) is 4.85. The van der Waals surface area contributed by atoms with Gasteiger partial charge in [0.15, 0.2) is 0 Å². The van der Waals surface area contributed by atoms with E-state index in [0.29, 0.717) is 49.5 Å². The van der Waals surface area contributed by atoms with Crippen LogP contribution in [0.1, 0.15) is 36.5 Å². The summed E-state index contributed by atoms with van der Waals surface area (Å²) in [5.74, 6) is -0.0353. The number of hydrogen-bond acceptors (Lipinski definition) is 3. The van der Waals surface area contributed by atoms with Gasteiger partial charge >= 0.3 is 0 Å². The summed E-state index contributed by atoms with van der Waals surface area (Å²) in [6.45, 7) is 3.63. The van der Waals surface area contributed by atoms with Gasteiger partial charge in [-0.05, 0) is 55.7 Å². The topological polar surface area (TPSA) is 58.6 Å². The molecule has 0 spiro atoms. The molecular weight excluding hydrogens is 359 g/mol. The largest absolute Gasteiger partial charge is 0.491 e. The molecule has 1 heterocycles. The van der Waals surface area contributed by atoms with Crippen LogP contribution in [-0.2, 0) is 4.79 Å². The van der Waals surface area contributed by atoms with Crippen LogP contribution >= 0.6 is 0 Å². The van der Waals surface area contributed by atoms with E-state index < -0.39 is 0 Å². The molecular formula is C22H25FN2O3. The van der Waals surface area contributed by atoms with E-state index in [-0.39, 0.29) is 23.5 Å². The number of carbonyl (C=O) groups excluding carboxylic acids is 2. The van der Waals surface area contributed by atoms with Crippen molar-refractivity contribution < 1.29 is 18.7 Å². The van der Waals surface area contributed by atoms with Crippen LogP contribution in [0.3, 0.4) is 0 Å². The van der Waals surface area contributed by atoms with E-state index in [9.17, 15) is 14.0 Å². The summed E-state index contributed by atoms with van der Waals surface area (Å²) in [4.78, 5) is 26.9. The minimum absolute atomic E-state index is 0.0542. The number of carbonyl (C=O) groups is 2. The molecule has 0 radical (unpaired) electrons. The highest BCUT2D eigenvalue weighted by atomic mass is 19.1. The zero-order chi connectivity index (χ0) is 19.9. The van der Waals surface area contributed by atoms with Crippen molar-refractivity contribution in [1.82, 2.24) is 4.90 Å². The van der Waals surface area contributed by atoms with Crippen LogP contribution < -0.4 is 10.1 Å². The summed E-state index contributed by atoms with van der Waals surface area (Å²) < 4.78 is 18.7. The van der Waals surface area contributed by atoms with Crippen molar-refractivity contribution in [2.24, 2.45) is 5.92 Å². The highest BCUT2D eigenvalue weighted by Crippen LogP contribution is 2.26. The minimum atomic E-state index is -0.366. The average Bonchev–Trinajstić information content (AvgIpc) is 2.73. The molecule has 1 aliphatic rings. The van der Waals surface area contributed by atoms with Crippen LogP contribution in [0.25, 0.3) is 0 Å². The van der Waals surface area contributed by atoms with E-state index in [0.717, 1.165) is 6.42 Å². The molecule has 3 rings (SSSR count). The molecule has 6 heteroatoms. The molecule has 0 unspecified atom stereocenters. The number of para-hydroxylation sites is 2. The first-order valence-electron chi connectivity index (χ1n) is 9.66. The average molecular weight is 384 g/mol. The molecule has 28 heavy (non-hydrogen) atoms. The third-order valence-corrected chi connectivity index (χ3v) is 4.85. The number of piperidine rings is 1. The van der Waals surface area contributed by atoms with Crippen LogP contribution in [-0.4, -0.2) is 36.4 Å². The van der Waals surface area contributed by atoms with Crippen molar-refractivity contribution in [2.45, 2.75) is 26.2 Å². The SMILES string of the molecule is CCCOc1ccccc1NC(=O)C1CCN(C(=O)c2ccc(F)cc2)CC1. The Hall–Kier alpha value is -2.89. The first kappa shape index (κ1) is 19.9. The molecule has 1 fully saturated rings. The second kappa shape index (κ2) is 9.35. The van der Waals surface area contributed by atoms with Crippen LogP contribution in [0.4, 0.5) is 10.1 Å². The lowest BCUT2D eigenvalue weighted by molar-refractivity contribution is -0.121. The molecule has 1 saturated heterocycles. The second-order valence-corrected chi connectivity index (χ2v) is 6.91. The Balaban J connectivity index is 1.55. The van der Waals surface area contributed by atoms with Crippen LogP contribution in [0.15, 0.2) is 48.5 Å². The number of rotatable bonds is 6. The molecule has 0 atom stereocenters. The van der Waals surface area contributed by atoms with Crippen molar-refractivity contribution >= 4 is 17.5 Å². The highest BCUT2D eigenvalue weighted by molar-refractivity contribution is 5.95. The summed E-state index contributed by atoms with van der Waals surface area (Å²) in [6.07, 6.45) is 2.08. The molecule has 1 N–H and O–H groups in total. The minimum Gasteiger partial charge on any atom is -0.491 e. The number of halogens is 1. The van der Waals surface area contributed by atoms with E-state index in [4.69, 9.17) is 4.74 Å². The predicted molar refractivity (Wildman–Crippen MR) is 106 cm³/mol. The summed E-state index contributed by atoms with van der Waals surface area (Å²) in [5.41, 5.74) is 1.14. The quantitative estimate of drug-likeness (QED) is 0.816. The van der Waals surface area contributed by atoms with Crippen LogP contribution in [0.5, 0.6) is 5.75 Å². The highest BCUT2D eigenvalue weighted by Gasteiger charge is 2.28. The summed E-state index contributed by atoms with van der Waals surface area (Å²) >= 11 is 0. The number of nitrogens with zero attached hydrogens (tertiary/aromatic N) is 1. The van der Waals surface area contributed by atoms with E-state index in [1.54, 1.807) is 4.90 Å². The number of anilines is 1. The third kappa shape index (κ3) is 4.88. The smallest absolute Gasteiger partial charge is 0.253 e. The van der Waals surface area contributed by atoms with Crippen LogP contribution in [0.2, 0.25) is 0 Å². The van der Waals surface area contributed by atoms with Gasteiger partial charge in [-0.15, -0.1) is 0 Å². The zero-order valence-corrected chi connectivity index (χ0v) is 16.0. The van der Waals surface area contributed by atoms with Gasteiger partial charge in [-0.3, -0.25) is 9.59 Å². The predicted octanol–water partition coefficient (Wildman–Crippen LogP) is 4.11. The number of amides is 2. The standard InChI is InChI=1S/C22H25FN2O3/c1-2-15-28-20-6-4-3-5-19(20)24-21(26)16-11-13-25(14-12-16)22(27)17-7-9-18(23)10-8-17/h3-10,16H,2,11-15H2,1H3,(H,24,26). The van der Waals surface area contributed by atoms with Gasteiger partial charge in [-0.2, -0.15) is 0 Å². The van der Waals surface area contributed by atoms with Crippen molar-refractivity contribution in [3.63, 3.8) is 0 Å². The van der Waals surface area contributed by atoms with Gasteiger partial charge < -0.3 is 15.0 Å². The molecule has 148 valence electrons. The fraction of sp³-hybridized carbons (Fsp3) is 0.364. The number of ether oxygens (including phenoxy) is 1. The maximum Gasteiger partial charge on any atom is 0.253 e. The Morgan fingerprint density at radius 1 is 1.11 bits per heavy atom. The van der Waals surface area contributed by atoms with Gasteiger partial charge in [-0.25, -0.2) is 4.39 Å².